The molecule has 5 nitrogen and oxygen atoms in total. The third-order valence-electron chi connectivity index (χ3n) is 5.13. The lowest BCUT2D eigenvalue weighted by Gasteiger charge is -2.24. The normalized spacial score (nSPS) is 15.3. The fourth-order valence-corrected chi connectivity index (χ4v) is 3.50. The number of carbonyl (C=O) groups excluding carboxylic acids is 1. The highest BCUT2D eigenvalue weighted by Gasteiger charge is 2.17. The van der Waals surface area contributed by atoms with E-state index in [-0.39, 0.29) is 11.7 Å². The van der Waals surface area contributed by atoms with Crippen molar-refractivity contribution in [2.24, 2.45) is 5.10 Å². The van der Waals surface area contributed by atoms with Crippen molar-refractivity contribution in [3.63, 3.8) is 0 Å². The van der Waals surface area contributed by atoms with Gasteiger partial charge in [-0.25, -0.2) is 9.82 Å². The minimum atomic E-state index is -0.377. The van der Waals surface area contributed by atoms with Gasteiger partial charge < -0.3 is 9.64 Å². The first-order valence-electron chi connectivity index (χ1n) is 9.68. The Morgan fingerprint density at radius 2 is 1.79 bits per heavy atom. The lowest BCUT2D eigenvalue weighted by Crippen LogP contribution is -3.11. The zero-order chi connectivity index (χ0) is 19.9. The first-order valence-corrected chi connectivity index (χ1v) is 9.68. The molecule has 1 saturated heterocycles. The van der Waals surface area contributed by atoms with Crippen LogP contribution in [0.15, 0.2) is 47.6 Å². The van der Waals surface area contributed by atoms with E-state index in [1.807, 2.05) is 19.1 Å². The van der Waals surface area contributed by atoms with E-state index in [1.54, 1.807) is 12.0 Å². The summed E-state index contributed by atoms with van der Waals surface area (Å²) in [7, 11) is 1.69. The van der Waals surface area contributed by atoms with E-state index in [1.165, 1.54) is 56.6 Å². The highest BCUT2D eigenvalue weighted by atomic mass is 19.1. The van der Waals surface area contributed by atoms with Gasteiger partial charge in [0.05, 0.1) is 25.9 Å². The van der Waals surface area contributed by atoms with E-state index in [0.717, 1.165) is 23.4 Å². The lowest BCUT2D eigenvalue weighted by molar-refractivity contribution is -0.918. The SMILES string of the molecule is COc1ccc(/C(C)=N\NC(=O)c2ccc(F)cc2)cc1C[NH+]1CCCCC1. The number of amides is 1. The van der Waals surface area contributed by atoms with Gasteiger partial charge in [0, 0.05) is 11.1 Å². The predicted molar refractivity (Wildman–Crippen MR) is 107 cm³/mol. The summed E-state index contributed by atoms with van der Waals surface area (Å²) in [5.74, 6) is 0.133. The largest absolute Gasteiger partial charge is 0.496 e. The molecule has 0 bridgehead atoms. The Labute approximate surface area is 165 Å². The van der Waals surface area contributed by atoms with Gasteiger partial charge >= 0.3 is 0 Å². The summed E-state index contributed by atoms with van der Waals surface area (Å²) < 4.78 is 18.5. The molecule has 1 aliphatic heterocycles. The van der Waals surface area contributed by atoms with Crippen LogP contribution in [0.25, 0.3) is 0 Å². The molecule has 2 aromatic rings. The molecule has 1 amide bonds. The molecule has 0 atom stereocenters. The molecule has 0 aromatic heterocycles. The van der Waals surface area contributed by atoms with Crippen LogP contribution >= 0.6 is 0 Å². The maximum absolute atomic E-state index is 13.0. The average Bonchev–Trinajstić information content (AvgIpc) is 2.73. The summed E-state index contributed by atoms with van der Waals surface area (Å²) in [6.45, 7) is 5.15. The fourth-order valence-electron chi connectivity index (χ4n) is 3.50. The fraction of sp³-hybridized carbons (Fsp3) is 0.364. The summed E-state index contributed by atoms with van der Waals surface area (Å²) in [6.07, 6.45) is 3.86. The first-order chi connectivity index (χ1) is 13.6. The van der Waals surface area contributed by atoms with Crippen molar-refractivity contribution in [3.8, 4) is 5.75 Å². The third-order valence-corrected chi connectivity index (χ3v) is 5.13. The van der Waals surface area contributed by atoms with Gasteiger partial charge in [-0.15, -0.1) is 0 Å². The van der Waals surface area contributed by atoms with E-state index in [9.17, 15) is 9.18 Å². The van der Waals surface area contributed by atoms with Gasteiger partial charge in [0.25, 0.3) is 5.91 Å². The number of rotatable bonds is 6. The number of carbonyl (C=O) groups is 1. The Bertz CT molecular complexity index is 843. The van der Waals surface area contributed by atoms with Crippen LogP contribution < -0.4 is 15.1 Å². The van der Waals surface area contributed by atoms with Gasteiger partial charge in [-0.1, -0.05) is 0 Å². The van der Waals surface area contributed by atoms with E-state index < -0.39 is 0 Å². The smallest absolute Gasteiger partial charge is 0.271 e. The van der Waals surface area contributed by atoms with Gasteiger partial charge in [0.1, 0.15) is 18.1 Å². The van der Waals surface area contributed by atoms with Crippen molar-refractivity contribution in [2.75, 3.05) is 20.2 Å². The van der Waals surface area contributed by atoms with Crippen LogP contribution in [0.4, 0.5) is 4.39 Å². The summed E-state index contributed by atoms with van der Waals surface area (Å²) in [5.41, 5.74) is 5.69. The second kappa shape index (κ2) is 9.46. The van der Waals surface area contributed by atoms with Crippen LogP contribution in [0.2, 0.25) is 0 Å². The number of quaternary nitrogens is 1. The van der Waals surface area contributed by atoms with Crippen molar-refractivity contribution in [2.45, 2.75) is 32.7 Å². The predicted octanol–water partition coefficient (Wildman–Crippen LogP) is 2.56. The minimum Gasteiger partial charge on any atom is -0.496 e. The van der Waals surface area contributed by atoms with Crippen molar-refractivity contribution >= 4 is 11.6 Å². The Kier molecular flexibility index (Phi) is 6.76. The van der Waals surface area contributed by atoms with Crippen LogP contribution in [0.5, 0.6) is 5.75 Å². The molecule has 2 aromatic carbocycles. The minimum absolute atomic E-state index is 0.363. The molecule has 0 aliphatic carbocycles. The molecule has 1 fully saturated rings. The number of methoxy groups -OCH3 is 1. The number of benzene rings is 2. The molecule has 1 heterocycles. The van der Waals surface area contributed by atoms with Crippen molar-refractivity contribution in [3.05, 3.63) is 65.0 Å². The first kappa shape index (κ1) is 20.0. The van der Waals surface area contributed by atoms with Crippen LogP contribution in [-0.2, 0) is 6.54 Å². The quantitative estimate of drug-likeness (QED) is 0.594. The highest BCUT2D eigenvalue weighted by molar-refractivity contribution is 6.01. The number of hydrazone groups is 1. The number of likely N-dealkylation sites (tertiary alicyclic amines) is 1. The number of nitrogens with zero attached hydrogens (tertiary/aromatic N) is 1. The molecule has 0 saturated carbocycles. The summed E-state index contributed by atoms with van der Waals surface area (Å²) in [4.78, 5) is 13.7. The highest BCUT2D eigenvalue weighted by Crippen LogP contribution is 2.20. The number of halogens is 1. The molecule has 1 aliphatic rings. The third kappa shape index (κ3) is 5.16. The molecule has 3 rings (SSSR count). The van der Waals surface area contributed by atoms with Gasteiger partial charge in [-0.2, -0.15) is 5.10 Å². The van der Waals surface area contributed by atoms with Crippen molar-refractivity contribution in [1.29, 1.82) is 0 Å². The molecule has 6 heteroatoms. The van der Waals surface area contributed by atoms with Crippen LogP contribution in [0.3, 0.4) is 0 Å². The Morgan fingerprint density at radius 1 is 1.11 bits per heavy atom. The molecule has 148 valence electrons. The number of hydrogen-bond acceptors (Lipinski definition) is 3. The van der Waals surface area contributed by atoms with Crippen molar-refractivity contribution in [1.82, 2.24) is 5.43 Å². The van der Waals surface area contributed by atoms with E-state index >= 15 is 0 Å². The summed E-state index contributed by atoms with van der Waals surface area (Å²) in [6, 6.07) is 11.4. The monoisotopic (exact) mass is 384 g/mol. The molecular weight excluding hydrogens is 357 g/mol. The zero-order valence-electron chi connectivity index (χ0n) is 16.4. The molecule has 0 spiro atoms. The number of hydrogen-bond donors (Lipinski definition) is 2. The van der Waals surface area contributed by atoms with E-state index in [2.05, 4.69) is 16.6 Å². The maximum atomic E-state index is 13.0. The Hall–Kier alpha value is -2.73. The Morgan fingerprint density at radius 3 is 2.46 bits per heavy atom. The second-order valence-corrected chi connectivity index (χ2v) is 7.16. The summed E-state index contributed by atoms with van der Waals surface area (Å²) in [5, 5.41) is 4.21. The van der Waals surface area contributed by atoms with Gasteiger partial charge in [-0.05, 0) is 74.2 Å². The number of piperidine rings is 1. The topological polar surface area (TPSA) is 55.1 Å². The summed E-state index contributed by atoms with van der Waals surface area (Å²) >= 11 is 0. The van der Waals surface area contributed by atoms with Crippen LogP contribution in [0, 0.1) is 5.82 Å². The van der Waals surface area contributed by atoms with E-state index in [0.29, 0.717) is 11.3 Å². The van der Waals surface area contributed by atoms with E-state index in [4.69, 9.17) is 4.74 Å². The molecule has 2 N–H and O–H groups in total. The van der Waals surface area contributed by atoms with Crippen LogP contribution in [-0.4, -0.2) is 31.8 Å². The van der Waals surface area contributed by atoms with Gasteiger partial charge in [-0.3, -0.25) is 4.79 Å². The van der Waals surface area contributed by atoms with Crippen LogP contribution in [0.1, 0.15) is 47.7 Å². The van der Waals surface area contributed by atoms with Gasteiger partial charge in [0.2, 0.25) is 0 Å². The average molecular weight is 384 g/mol. The molecule has 28 heavy (non-hydrogen) atoms. The number of ether oxygens (including phenoxy) is 1. The molecule has 0 radical (unpaired) electrons. The molecule has 0 unspecified atom stereocenters. The second-order valence-electron chi connectivity index (χ2n) is 7.16. The maximum Gasteiger partial charge on any atom is 0.271 e. The van der Waals surface area contributed by atoms with Gasteiger partial charge in [0.15, 0.2) is 0 Å². The number of nitrogens with one attached hydrogen (secondary N) is 2. The molecular formula is C22H27FN3O2+. The van der Waals surface area contributed by atoms with Crippen molar-refractivity contribution < 1.29 is 18.8 Å². The lowest BCUT2D eigenvalue weighted by atomic mass is 10.0. The standard InChI is InChI=1S/C22H26FN3O2/c1-16(24-25-22(27)17-6-9-20(23)10-7-17)18-8-11-21(28-2)19(14-18)15-26-12-4-3-5-13-26/h6-11,14H,3-5,12-13,15H2,1-2H3,(H,25,27)/p+1/b24-16-. The Balaban J connectivity index is 1.72. The zero-order valence-corrected chi connectivity index (χ0v) is 16.4.